The summed E-state index contributed by atoms with van der Waals surface area (Å²) in [6.07, 6.45) is 0.213. The number of nitrogens with one attached hydrogen (secondary N) is 1. The first-order chi connectivity index (χ1) is 19.5. The molecule has 204 valence electrons. The molecule has 1 aromatic heterocycles. The Morgan fingerprint density at radius 1 is 0.850 bits per heavy atom. The van der Waals surface area contributed by atoms with E-state index in [1.165, 1.54) is 11.8 Å². The van der Waals surface area contributed by atoms with Gasteiger partial charge in [-0.2, -0.15) is 5.26 Å². The molecule has 0 radical (unpaired) electrons. The van der Waals surface area contributed by atoms with Crippen LogP contribution in [0, 0.1) is 11.3 Å². The predicted molar refractivity (Wildman–Crippen MR) is 156 cm³/mol. The van der Waals surface area contributed by atoms with Gasteiger partial charge in [0.1, 0.15) is 16.8 Å². The maximum Gasteiger partial charge on any atom is 0.225 e. The quantitative estimate of drug-likeness (QED) is 0.211. The molecule has 0 fully saturated rings. The van der Waals surface area contributed by atoms with Crippen molar-refractivity contribution in [2.45, 2.75) is 11.4 Å². The standard InChI is InChI=1S/C31H29N3O5S/c1-36-26-13-9-8-12-24(26)33-29(35)14-15-40-31-23(19-32)22(18-25(34-31)20-10-6-5-7-11-20)21-16-27(37-2)30(39-4)28(17-21)38-3/h5-13,16-18H,14-15H2,1-4H3,(H,33,35). The largest absolute Gasteiger partial charge is 0.495 e. The van der Waals surface area contributed by atoms with Crippen molar-refractivity contribution in [2.24, 2.45) is 0 Å². The number of nitrogens with zero attached hydrogens (tertiary/aromatic N) is 2. The van der Waals surface area contributed by atoms with Crippen LogP contribution in [0.3, 0.4) is 0 Å². The van der Waals surface area contributed by atoms with Crippen molar-refractivity contribution >= 4 is 23.4 Å². The van der Waals surface area contributed by atoms with E-state index in [0.29, 0.717) is 61.8 Å². The van der Waals surface area contributed by atoms with Crippen LogP contribution in [0.2, 0.25) is 0 Å². The first kappa shape index (κ1) is 28.3. The zero-order valence-corrected chi connectivity index (χ0v) is 23.5. The Morgan fingerprint density at radius 3 is 2.12 bits per heavy atom. The van der Waals surface area contributed by atoms with Gasteiger partial charge in [-0.3, -0.25) is 4.79 Å². The van der Waals surface area contributed by atoms with Gasteiger partial charge in [-0.25, -0.2) is 4.98 Å². The van der Waals surface area contributed by atoms with Crippen molar-refractivity contribution in [3.63, 3.8) is 0 Å². The number of aromatic nitrogens is 1. The number of ether oxygens (including phenoxy) is 4. The van der Waals surface area contributed by atoms with Crippen molar-refractivity contribution < 1.29 is 23.7 Å². The first-order valence-corrected chi connectivity index (χ1v) is 13.4. The van der Waals surface area contributed by atoms with E-state index in [4.69, 9.17) is 23.9 Å². The first-order valence-electron chi connectivity index (χ1n) is 12.4. The Labute approximate surface area is 237 Å². The fourth-order valence-corrected chi connectivity index (χ4v) is 5.10. The Kier molecular flexibility index (Phi) is 9.49. The number of hydrogen-bond donors (Lipinski definition) is 1. The van der Waals surface area contributed by atoms with Gasteiger partial charge in [0.25, 0.3) is 0 Å². The second-order valence-electron chi connectivity index (χ2n) is 8.47. The van der Waals surface area contributed by atoms with Crippen molar-refractivity contribution in [1.82, 2.24) is 4.98 Å². The van der Waals surface area contributed by atoms with Gasteiger partial charge in [0.15, 0.2) is 11.5 Å². The third-order valence-corrected chi connectivity index (χ3v) is 7.07. The van der Waals surface area contributed by atoms with Gasteiger partial charge in [-0.15, -0.1) is 11.8 Å². The third-order valence-electron chi connectivity index (χ3n) is 6.09. The summed E-state index contributed by atoms with van der Waals surface area (Å²) in [5.74, 6) is 2.24. The number of para-hydroxylation sites is 2. The average molecular weight is 556 g/mol. The number of carbonyl (C=O) groups excluding carboxylic acids is 1. The number of rotatable bonds is 11. The van der Waals surface area contributed by atoms with E-state index in [-0.39, 0.29) is 12.3 Å². The lowest BCUT2D eigenvalue weighted by molar-refractivity contribution is -0.115. The lowest BCUT2D eigenvalue weighted by Crippen LogP contribution is -2.13. The summed E-state index contributed by atoms with van der Waals surface area (Å²) in [7, 11) is 6.19. The number of hydrogen-bond acceptors (Lipinski definition) is 8. The average Bonchev–Trinajstić information content (AvgIpc) is 3.00. The fourth-order valence-electron chi connectivity index (χ4n) is 4.16. The maximum atomic E-state index is 12.7. The van der Waals surface area contributed by atoms with E-state index in [1.54, 1.807) is 52.7 Å². The molecule has 0 unspecified atom stereocenters. The summed E-state index contributed by atoms with van der Waals surface area (Å²) in [5.41, 5.74) is 3.97. The van der Waals surface area contributed by atoms with E-state index in [0.717, 1.165) is 5.56 Å². The monoisotopic (exact) mass is 555 g/mol. The molecule has 4 aromatic rings. The Morgan fingerprint density at radius 2 is 1.50 bits per heavy atom. The van der Waals surface area contributed by atoms with E-state index in [2.05, 4.69) is 11.4 Å². The second-order valence-corrected chi connectivity index (χ2v) is 9.56. The van der Waals surface area contributed by atoms with Crippen LogP contribution in [-0.4, -0.2) is 45.1 Å². The topological polar surface area (TPSA) is 103 Å². The molecule has 1 heterocycles. The molecule has 4 rings (SSSR count). The number of anilines is 1. The number of methoxy groups -OCH3 is 4. The number of thioether (sulfide) groups is 1. The molecule has 8 nitrogen and oxygen atoms in total. The van der Waals surface area contributed by atoms with Gasteiger partial charge in [-0.1, -0.05) is 42.5 Å². The van der Waals surface area contributed by atoms with Crippen molar-refractivity contribution in [3.8, 4) is 51.5 Å². The highest BCUT2D eigenvalue weighted by atomic mass is 32.2. The van der Waals surface area contributed by atoms with Crippen LogP contribution in [-0.2, 0) is 4.79 Å². The molecule has 0 saturated carbocycles. The number of nitriles is 1. The van der Waals surface area contributed by atoms with E-state index < -0.39 is 0 Å². The molecule has 1 N–H and O–H groups in total. The predicted octanol–water partition coefficient (Wildman–Crippen LogP) is 6.44. The Hall–Kier alpha value is -4.68. The Bertz CT molecular complexity index is 1510. The van der Waals surface area contributed by atoms with Crippen molar-refractivity contribution in [1.29, 1.82) is 5.26 Å². The lowest BCUT2D eigenvalue weighted by atomic mass is 9.98. The van der Waals surface area contributed by atoms with Gasteiger partial charge in [0.05, 0.1) is 45.4 Å². The fraction of sp³-hybridized carbons (Fsp3) is 0.194. The zero-order chi connectivity index (χ0) is 28.5. The summed E-state index contributed by atoms with van der Waals surface area (Å²) in [6.45, 7) is 0. The number of pyridine rings is 1. The SMILES string of the molecule is COc1ccccc1NC(=O)CCSc1nc(-c2ccccc2)cc(-c2cc(OC)c(OC)c(OC)c2)c1C#N. The molecule has 1 amide bonds. The number of benzene rings is 3. The van der Waals surface area contributed by atoms with Crippen LogP contribution in [0.15, 0.2) is 77.8 Å². The highest BCUT2D eigenvalue weighted by Gasteiger charge is 2.20. The molecule has 0 saturated heterocycles. The van der Waals surface area contributed by atoms with Crippen LogP contribution in [0.5, 0.6) is 23.0 Å². The van der Waals surface area contributed by atoms with Crippen LogP contribution in [0.25, 0.3) is 22.4 Å². The van der Waals surface area contributed by atoms with Crippen molar-refractivity contribution in [2.75, 3.05) is 39.5 Å². The zero-order valence-electron chi connectivity index (χ0n) is 22.7. The van der Waals surface area contributed by atoms with Gasteiger partial charge < -0.3 is 24.3 Å². The van der Waals surface area contributed by atoms with E-state index in [9.17, 15) is 10.1 Å². The molecule has 40 heavy (non-hydrogen) atoms. The molecule has 9 heteroatoms. The molecule has 0 bridgehead atoms. The molecular weight excluding hydrogens is 526 g/mol. The summed E-state index contributed by atoms with van der Waals surface area (Å²) < 4.78 is 21.9. The number of amides is 1. The summed E-state index contributed by atoms with van der Waals surface area (Å²) >= 11 is 1.35. The third kappa shape index (κ3) is 6.30. The van der Waals surface area contributed by atoms with Crippen molar-refractivity contribution in [3.05, 3.63) is 78.4 Å². The molecular formula is C31H29N3O5S. The van der Waals surface area contributed by atoms with Crippen LogP contribution in [0.1, 0.15) is 12.0 Å². The van der Waals surface area contributed by atoms with Crippen LogP contribution >= 0.6 is 11.8 Å². The minimum absolute atomic E-state index is 0.167. The lowest BCUT2D eigenvalue weighted by Gasteiger charge is -2.16. The number of carbonyl (C=O) groups is 1. The van der Waals surface area contributed by atoms with Gasteiger partial charge >= 0.3 is 0 Å². The maximum absolute atomic E-state index is 12.7. The molecule has 0 atom stereocenters. The molecule has 3 aromatic carbocycles. The highest BCUT2D eigenvalue weighted by molar-refractivity contribution is 7.99. The van der Waals surface area contributed by atoms with Crippen LogP contribution < -0.4 is 24.3 Å². The Balaban J connectivity index is 1.70. The van der Waals surface area contributed by atoms with E-state index >= 15 is 0 Å². The smallest absolute Gasteiger partial charge is 0.225 e. The van der Waals surface area contributed by atoms with E-state index in [1.807, 2.05) is 48.5 Å². The van der Waals surface area contributed by atoms with Crippen LogP contribution in [0.4, 0.5) is 5.69 Å². The van der Waals surface area contributed by atoms with Gasteiger partial charge in [0, 0.05) is 23.3 Å². The molecule has 0 aliphatic heterocycles. The summed E-state index contributed by atoms with van der Waals surface area (Å²) in [6, 6.07) is 24.8. The van der Waals surface area contributed by atoms with Gasteiger partial charge in [-0.05, 0) is 35.9 Å². The molecule has 0 spiro atoms. The minimum atomic E-state index is -0.167. The van der Waals surface area contributed by atoms with Gasteiger partial charge in [0.2, 0.25) is 11.7 Å². The molecule has 0 aliphatic rings. The summed E-state index contributed by atoms with van der Waals surface area (Å²) in [5, 5.41) is 13.7. The summed E-state index contributed by atoms with van der Waals surface area (Å²) in [4.78, 5) is 17.5. The minimum Gasteiger partial charge on any atom is -0.495 e. The molecule has 0 aliphatic carbocycles. The second kappa shape index (κ2) is 13.4. The normalized spacial score (nSPS) is 10.4. The highest BCUT2D eigenvalue weighted by Crippen LogP contribution is 2.43.